The fraction of sp³-hybridized carbons (Fsp3) is 0.500. The van der Waals surface area contributed by atoms with Crippen LogP contribution in [0.15, 0.2) is 23.7 Å². The molecule has 1 aliphatic heterocycles. The zero-order valence-electron chi connectivity index (χ0n) is 11.5. The normalized spacial score (nSPS) is 18.1. The van der Waals surface area contributed by atoms with Gasteiger partial charge in [0.05, 0.1) is 4.34 Å². The molecule has 7 heteroatoms. The maximum Gasteiger partial charge on any atom is 0.185 e. The number of aliphatic hydroxyl groups is 1. The fourth-order valence-corrected chi connectivity index (χ4v) is 4.28. The molecule has 1 fully saturated rings. The molecule has 0 unspecified atom stereocenters. The number of piperidine rings is 1. The molecular weight excluding hydrogens is 326 g/mol. The van der Waals surface area contributed by atoms with Gasteiger partial charge in [-0.15, -0.1) is 22.7 Å². The van der Waals surface area contributed by atoms with Crippen LogP contribution in [0.4, 0.5) is 5.13 Å². The number of aromatic nitrogens is 1. The summed E-state index contributed by atoms with van der Waals surface area (Å²) in [6.45, 7) is 2.62. The molecule has 0 amide bonds. The van der Waals surface area contributed by atoms with Gasteiger partial charge in [0.2, 0.25) is 0 Å². The van der Waals surface area contributed by atoms with Crippen molar-refractivity contribution in [1.82, 2.24) is 10.3 Å². The lowest BCUT2D eigenvalue weighted by Gasteiger charge is -2.32. The summed E-state index contributed by atoms with van der Waals surface area (Å²) in [5.41, 5.74) is 0. The summed E-state index contributed by atoms with van der Waals surface area (Å²) in [7, 11) is 0. The van der Waals surface area contributed by atoms with Crippen LogP contribution in [0.1, 0.15) is 23.8 Å². The number of nitrogens with one attached hydrogen (secondary N) is 1. The van der Waals surface area contributed by atoms with Gasteiger partial charge in [-0.25, -0.2) is 4.98 Å². The molecule has 2 aromatic rings. The summed E-state index contributed by atoms with van der Waals surface area (Å²) in [6, 6.07) is 4.19. The van der Waals surface area contributed by atoms with E-state index in [4.69, 9.17) is 11.6 Å². The quantitative estimate of drug-likeness (QED) is 0.875. The van der Waals surface area contributed by atoms with E-state index in [0.717, 1.165) is 40.3 Å². The van der Waals surface area contributed by atoms with Crippen LogP contribution < -0.4 is 10.2 Å². The van der Waals surface area contributed by atoms with Crippen molar-refractivity contribution in [2.75, 3.05) is 24.5 Å². The number of hydrogen-bond acceptors (Lipinski definition) is 6. The summed E-state index contributed by atoms with van der Waals surface area (Å²) < 4.78 is 0.723. The van der Waals surface area contributed by atoms with Gasteiger partial charge in [0.15, 0.2) is 5.13 Å². The number of thiazole rings is 1. The Labute approximate surface area is 137 Å². The van der Waals surface area contributed by atoms with Crippen molar-refractivity contribution in [2.24, 2.45) is 0 Å². The number of aliphatic hydroxyl groups excluding tert-OH is 1. The van der Waals surface area contributed by atoms with Gasteiger partial charge in [-0.05, 0) is 25.0 Å². The van der Waals surface area contributed by atoms with Crippen molar-refractivity contribution < 1.29 is 5.11 Å². The second kappa shape index (κ2) is 7.07. The third-order valence-electron chi connectivity index (χ3n) is 3.71. The third kappa shape index (κ3) is 3.96. The number of rotatable bonds is 5. The Kier molecular flexibility index (Phi) is 5.13. The lowest BCUT2D eigenvalue weighted by Crippen LogP contribution is -2.43. The zero-order valence-corrected chi connectivity index (χ0v) is 13.9. The van der Waals surface area contributed by atoms with Gasteiger partial charge in [0, 0.05) is 42.1 Å². The molecule has 3 heterocycles. The van der Waals surface area contributed by atoms with Crippen LogP contribution in [0.25, 0.3) is 0 Å². The van der Waals surface area contributed by atoms with Gasteiger partial charge in [0.1, 0.15) is 6.10 Å². The van der Waals surface area contributed by atoms with E-state index in [0.29, 0.717) is 12.6 Å². The summed E-state index contributed by atoms with van der Waals surface area (Å²) in [5, 5.41) is 16.7. The molecule has 2 aromatic heterocycles. The maximum atomic E-state index is 10.1. The first-order chi connectivity index (χ1) is 10.2. The van der Waals surface area contributed by atoms with Crippen molar-refractivity contribution in [3.05, 3.63) is 32.9 Å². The van der Waals surface area contributed by atoms with Crippen LogP contribution in [0.2, 0.25) is 4.34 Å². The summed E-state index contributed by atoms with van der Waals surface area (Å²) in [5.74, 6) is 0. The predicted molar refractivity (Wildman–Crippen MR) is 89.6 cm³/mol. The Hall–Kier alpha value is -0.660. The number of nitrogens with zero attached hydrogens (tertiary/aromatic N) is 2. The van der Waals surface area contributed by atoms with Crippen LogP contribution in [0.5, 0.6) is 0 Å². The van der Waals surface area contributed by atoms with Gasteiger partial charge in [-0.1, -0.05) is 11.6 Å². The second-order valence-electron chi connectivity index (χ2n) is 5.14. The Morgan fingerprint density at radius 1 is 1.43 bits per heavy atom. The minimum atomic E-state index is -0.473. The third-order valence-corrected chi connectivity index (χ3v) is 5.87. The molecule has 0 radical (unpaired) electrons. The molecule has 3 rings (SSSR count). The average molecular weight is 344 g/mol. The molecular formula is C14H18ClN3OS2. The molecule has 1 saturated heterocycles. The molecule has 1 aliphatic rings. The van der Waals surface area contributed by atoms with Crippen molar-refractivity contribution in [3.63, 3.8) is 0 Å². The first-order valence-electron chi connectivity index (χ1n) is 7.03. The molecule has 2 N–H and O–H groups in total. The van der Waals surface area contributed by atoms with Gasteiger partial charge in [0.25, 0.3) is 0 Å². The van der Waals surface area contributed by atoms with E-state index >= 15 is 0 Å². The van der Waals surface area contributed by atoms with E-state index in [1.54, 1.807) is 11.3 Å². The van der Waals surface area contributed by atoms with Crippen LogP contribution in [0, 0.1) is 0 Å². The average Bonchev–Trinajstić information content (AvgIpc) is 3.16. The van der Waals surface area contributed by atoms with E-state index in [-0.39, 0.29) is 0 Å². The van der Waals surface area contributed by atoms with Gasteiger partial charge < -0.3 is 15.3 Å². The fourth-order valence-electron chi connectivity index (χ4n) is 2.53. The topological polar surface area (TPSA) is 48.4 Å². The molecule has 0 spiro atoms. The standard InChI is InChI=1S/C14H18ClN3OS2/c15-13-2-1-12(21-13)11(19)9-17-10-3-6-18(7-4-10)14-16-5-8-20-14/h1-2,5,8,10-11,17,19H,3-4,6-7,9H2/t11-/m1/s1. The highest BCUT2D eigenvalue weighted by Crippen LogP contribution is 2.27. The highest BCUT2D eigenvalue weighted by molar-refractivity contribution is 7.16. The van der Waals surface area contributed by atoms with Crippen molar-refractivity contribution in [2.45, 2.75) is 25.0 Å². The molecule has 1 atom stereocenters. The lowest BCUT2D eigenvalue weighted by molar-refractivity contribution is 0.170. The number of thiophene rings is 1. The monoisotopic (exact) mass is 343 g/mol. The highest BCUT2D eigenvalue weighted by atomic mass is 35.5. The summed E-state index contributed by atoms with van der Waals surface area (Å²) in [6.07, 6.45) is 3.54. The van der Waals surface area contributed by atoms with Crippen LogP contribution in [0.3, 0.4) is 0 Å². The summed E-state index contributed by atoms with van der Waals surface area (Å²) in [4.78, 5) is 7.61. The van der Waals surface area contributed by atoms with Gasteiger partial charge >= 0.3 is 0 Å². The zero-order chi connectivity index (χ0) is 14.7. The van der Waals surface area contributed by atoms with Gasteiger partial charge in [-0.2, -0.15) is 0 Å². The van der Waals surface area contributed by atoms with Crippen molar-refractivity contribution in [1.29, 1.82) is 0 Å². The second-order valence-corrected chi connectivity index (χ2v) is 7.76. The Morgan fingerprint density at radius 2 is 2.24 bits per heavy atom. The number of halogens is 1. The smallest absolute Gasteiger partial charge is 0.185 e. The van der Waals surface area contributed by atoms with E-state index in [1.807, 2.05) is 23.7 Å². The molecule has 21 heavy (non-hydrogen) atoms. The molecule has 0 saturated carbocycles. The molecule has 0 aromatic carbocycles. The van der Waals surface area contributed by atoms with E-state index in [1.165, 1.54) is 11.3 Å². The largest absolute Gasteiger partial charge is 0.386 e. The Morgan fingerprint density at radius 3 is 2.86 bits per heavy atom. The van der Waals surface area contributed by atoms with Gasteiger partial charge in [-0.3, -0.25) is 0 Å². The molecule has 4 nitrogen and oxygen atoms in total. The first kappa shape index (κ1) is 15.2. The molecule has 114 valence electrons. The predicted octanol–water partition coefficient (Wildman–Crippen LogP) is 3.15. The Balaban J connectivity index is 1.43. The number of anilines is 1. The summed E-state index contributed by atoms with van der Waals surface area (Å²) >= 11 is 9.03. The van der Waals surface area contributed by atoms with Crippen LogP contribution >= 0.6 is 34.3 Å². The molecule has 0 bridgehead atoms. The minimum Gasteiger partial charge on any atom is -0.386 e. The van der Waals surface area contributed by atoms with E-state index in [9.17, 15) is 5.11 Å². The van der Waals surface area contributed by atoms with E-state index in [2.05, 4.69) is 15.2 Å². The van der Waals surface area contributed by atoms with Crippen LogP contribution in [-0.2, 0) is 0 Å². The van der Waals surface area contributed by atoms with Crippen LogP contribution in [-0.4, -0.2) is 35.8 Å². The maximum absolute atomic E-state index is 10.1. The molecule has 0 aliphatic carbocycles. The highest BCUT2D eigenvalue weighted by Gasteiger charge is 2.21. The van der Waals surface area contributed by atoms with Crippen molar-refractivity contribution in [3.8, 4) is 0 Å². The first-order valence-corrected chi connectivity index (χ1v) is 9.11. The number of hydrogen-bond donors (Lipinski definition) is 2. The van der Waals surface area contributed by atoms with E-state index < -0.39 is 6.10 Å². The van der Waals surface area contributed by atoms with Crippen molar-refractivity contribution >= 4 is 39.4 Å². The minimum absolute atomic E-state index is 0.464. The SMILES string of the molecule is O[C@H](CNC1CCN(c2nccs2)CC1)c1ccc(Cl)s1. The lowest BCUT2D eigenvalue weighted by atomic mass is 10.1. The Bertz CT molecular complexity index is 552.